The Bertz CT molecular complexity index is 989. The number of aliphatic hydroxyl groups is 1. The number of halogens is 6. The molecule has 0 unspecified atom stereocenters. The number of ether oxygens (including phenoxy) is 2. The van der Waals surface area contributed by atoms with E-state index in [0.717, 1.165) is 7.11 Å². The summed E-state index contributed by atoms with van der Waals surface area (Å²) < 4.78 is 115. The Morgan fingerprint density at radius 2 is 1.40 bits per heavy atom. The third-order valence-corrected chi connectivity index (χ3v) is 5.43. The van der Waals surface area contributed by atoms with E-state index in [1.165, 1.54) is 31.4 Å². The van der Waals surface area contributed by atoms with E-state index in [2.05, 4.69) is 4.74 Å². The van der Waals surface area contributed by atoms with Crippen LogP contribution in [0.2, 0.25) is 0 Å². The van der Waals surface area contributed by atoms with Gasteiger partial charge in [0.2, 0.25) is 0 Å². The molecule has 13 heteroatoms. The lowest BCUT2D eigenvalue weighted by atomic mass is 9.91. The maximum absolute atomic E-state index is 13.1. The molecule has 0 heterocycles. The van der Waals surface area contributed by atoms with Crippen LogP contribution in [0.4, 0.5) is 32.0 Å². The Hall–Kier alpha value is -2.67. The summed E-state index contributed by atoms with van der Waals surface area (Å²) in [5.41, 5.74) is -7.26. The van der Waals surface area contributed by atoms with Gasteiger partial charge in [-0.15, -0.1) is 0 Å². The number of benzene rings is 2. The van der Waals surface area contributed by atoms with Crippen molar-refractivity contribution in [3.8, 4) is 11.5 Å². The van der Waals surface area contributed by atoms with Gasteiger partial charge >= 0.3 is 12.4 Å². The third kappa shape index (κ3) is 4.26. The zero-order valence-corrected chi connectivity index (χ0v) is 16.1. The van der Waals surface area contributed by atoms with E-state index in [1.807, 2.05) is 4.72 Å². The number of sulfonamides is 1. The summed E-state index contributed by atoms with van der Waals surface area (Å²) >= 11 is 0. The van der Waals surface area contributed by atoms with Gasteiger partial charge in [-0.05, 0) is 36.4 Å². The van der Waals surface area contributed by atoms with Crippen molar-refractivity contribution >= 4 is 15.7 Å². The zero-order chi connectivity index (χ0) is 23.0. The Balaban J connectivity index is 2.49. The molecule has 0 saturated carbocycles. The summed E-state index contributed by atoms with van der Waals surface area (Å²) in [6, 6.07) is 6.56. The van der Waals surface area contributed by atoms with Gasteiger partial charge in [0.05, 0.1) is 24.8 Å². The molecule has 0 saturated heterocycles. The van der Waals surface area contributed by atoms with Gasteiger partial charge < -0.3 is 14.6 Å². The molecule has 166 valence electrons. The minimum Gasteiger partial charge on any atom is -0.497 e. The lowest BCUT2D eigenvalue weighted by molar-refractivity contribution is -0.376. The fourth-order valence-corrected chi connectivity index (χ4v) is 3.54. The molecule has 30 heavy (non-hydrogen) atoms. The number of nitrogens with one attached hydrogen (secondary N) is 1. The van der Waals surface area contributed by atoms with E-state index >= 15 is 0 Å². The van der Waals surface area contributed by atoms with Crippen LogP contribution in [-0.4, -0.2) is 40.1 Å². The summed E-state index contributed by atoms with van der Waals surface area (Å²) in [7, 11) is -2.11. The normalized spacial score (nSPS) is 13.1. The first-order chi connectivity index (χ1) is 13.7. The second kappa shape index (κ2) is 7.87. The molecule has 0 aliphatic carbocycles. The average molecular weight is 459 g/mol. The van der Waals surface area contributed by atoms with Crippen LogP contribution in [0, 0.1) is 0 Å². The van der Waals surface area contributed by atoms with Crippen LogP contribution >= 0.6 is 0 Å². The molecule has 6 nitrogen and oxygen atoms in total. The monoisotopic (exact) mass is 459 g/mol. The topological polar surface area (TPSA) is 84.9 Å². The van der Waals surface area contributed by atoms with Crippen LogP contribution in [0.3, 0.4) is 0 Å². The van der Waals surface area contributed by atoms with Crippen molar-refractivity contribution in [2.45, 2.75) is 22.8 Å². The first-order valence-corrected chi connectivity index (χ1v) is 9.37. The fraction of sp³-hybridized carbons (Fsp3) is 0.294. The van der Waals surface area contributed by atoms with Crippen molar-refractivity contribution in [1.82, 2.24) is 0 Å². The summed E-state index contributed by atoms with van der Waals surface area (Å²) in [6.45, 7) is 0. The lowest BCUT2D eigenvalue weighted by Gasteiger charge is -2.33. The van der Waals surface area contributed by atoms with Gasteiger partial charge in [-0.1, -0.05) is 0 Å². The van der Waals surface area contributed by atoms with Crippen molar-refractivity contribution in [1.29, 1.82) is 0 Å². The smallest absolute Gasteiger partial charge is 0.430 e. The molecule has 0 fully saturated rings. The molecule has 0 bridgehead atoms. The molecule has 2 N–H and O–H groups in total. The zero-order valence-electron chi connectivity index (χ0n) is 15.3. The summed E-state index contributed by atoms with van der Waals surface area (Å²) in [6.07, 6.45) is -12.2. The first kappa shape index (κ1) is 23.6. The first-order valence-electron chi connectivity index (χ1n) is 7.88. The second-order valence-electron chi connectivity index (χ2n) is 5.90. The van der Waals surface area contributed by atoms with Gasteiger partial charge in [0.25, 0.3) is 15.6 Å². The van der Waals surface area contributed by atoms with Crippen molar-refractivity contribution < 1.29 is 49.3 Å². The summed E-state index contributed by atoms with van der Waals surface area (Å²) in [5.74, 6) is -0.666. The third-order valence-electron chi connectivity index (χ3n) is 4.03. The summed E-state index contributed by atoms with van der Waals surface area (Å²) in [5, 5.41) is 9.54. The van der Waals surface area contributed by atoms with Gasteiger partial charge in [0.1, 0.15) is 11.5 Å². The van der Waals surface area contributed by atoms with E-state index in [-0.39, 0.29) is 11.0 Å². The Morgan fingerprint density at radius 1 is 0.867 bits per heavy atom. The Labute approximate surface area is 167 Å². The highest BCUT2D eigenvalue weighted by Gasteiger charge is 2.72. The van der Waals surface area contributed by atoms with Crippen LogP contribution in [0.25, 0.3) is 0 Å². The van der Waals surface area contributed by atoms with E-state index in [0.29, 0.717) is 17.9 Å². The molecular formula is C17H15F6NO5S. The SMILES string of the molecule is COc1ccc(S(=O)(=O)Nc2ccc(C(O)(C(F)(F)F)C(F)(F)F)c(OC)c2)cc1. The molecule has 0 aliphatic heterocycles. The number of alkyl halides is 6. The highest BCUT2D eigenvalue weighted by atomic mass is 32.2. The van der Waals surface area contributed by atoms with Crippen LogP contribution in [0.5, 0.6) is 11.5 Å². The van der Waals surface area contributed by atoms with Crippen LogP contribution in [0.1, 0.15) is 5.56 Å². The van der Waals surface area contributed by atoms with Crippen molar-refractivity contribution in [2.24, 2.45) is 0 Å². The maximum Gasteiger partial charge on any atom is 0.430 e. The molecular weight excluding hydrogens is 444 g/mol. The highest BCUT2D eigenvalue weighted by molar-refractivity contribution is 7.92. The largest absolute Gasteiger partial charge is 0.497 e. The van der Waals surface area contributed by atoms with Crippen molar-refractivity contribution in [3.63, 3.8) is 0 Å². The molecule has 0 aliphatic rings. The van der Waals surface area contributed by atoms with E-state index < -0.39 is 45.0 Å². The molecule has 0 radical (unpaired) electrons. The molecule has 0 amide bonds. The van der Waals surface area contributed by atoms with E-state index in [9.17, 15) is 39.9 Å². The van der Waals surface area contributed by atoms with Crippen molar-refractivity contribution in [2.75, 3.05) is 18.9 Å². The molecule has 0 aromatic heterocycles. The summed E-state index contributed by atoms with van der Waals surface area (Å²) in [4.78, 5) is -0.242. The molecule has 0 spiro atoms. The minimum absolute atomic E-state index is 0.242. The Morgan fingerprint density at radius 3 is 1.83 bits per heavy atom. The quantitative estimate of drug-likeness (QED) is 0.642. The van der Waals surface area contributed by atoms with E-state index in [4.69, 9.17) is 4.74 Å². The molecule has 2 aromatic rings. The van der Waals surface area contributed by atoms with Gasteiger partial charge in [-0.2, -0.15) is 26.3 Å². The molecule has 2 rings (SSSR count). The average Bonchev–Trinajstić information content (AvgIpc) is 2.65. The Kier molecular flexibility index (Phi) is 6.19. The standard InChI is InChI=1S/C17H15F6NO5S/c1-28-11-4-6-12(7-5-11)30(26,27)24-10-3-8-13(14(9-10)29-2)15(25,16(18,19)20)17(21,22)23/h3-9,24-25H,1-2H3. The van der Waals surface area contributed by atoms with Gasteiger partial charge in [-0.3, -0.25) is 4.72 Å². The number of rotatable bonds is 6. The minimum atomic E-state index is -6.12. The lowest BCUT2D eigenvalue weighted by Crippen LogP contribution is -2.54. The highest BCUT2D eigenvalue weighted by Crippen LogP contribution is 2.52. The van der Waals surface area contributed by atoms with Crippen molar-refractivity contribution in [3.05, 3.63) is 48.0 Å². The fourth-order valence-electron chi connectivity index (χ4n) is 2.49. The van der Waals surface area contributed by atoms with Crippen LogP contribution < -0.4 is 14.2 Å². The van der Waals surface area contributed by atoms with E-state index in [1.54, 1.807) is 0 Å². The maximum atomic E-state index is 13.1. The molecule has 2 aromatic carbocycles. The van der Waals surface area contributed by atoms with Crippen LogP contribution in [-0.2, 0) is 15.6 Å². The van der Waals surface area contributed by atoms with Gasteiger partial charge in [0, 0.05) is 11.6 Å². The molecule has 0 atom stereocenters. The predicted octanol–water partition coefficient (Wildman–Crippen LogP) is 3.82. The number of hydrogen-bond acceptors (Lipinski definition) is 5. The number of hydrogen-bond donors (Lipinski definition) is 2. The van der Waals surface area contributed by atoms with Gasteiger partial charge in [-0.25, -0.2) is 8.42 Å². The number of anilines is 1. The number of methoxy groups -OCH3 is 2. The predicted molar refractivity (Wildman–Crippen MR) is 92.8 cm³/mol. The van der Waals surface area contributed by atoms with Crippen LogP contribution in [0.15, 0.2) is 47.4 Å². The van der Waals surface area contributed by atoms with Gasteiger partial charge in [0.15, 0.2) is 0 Å². The second-order valence-corrected chi connectivity index (χ2v) is 7.58.